The van der Waals surface area contributed by atoms with Crippen LogP contribution < -0.4 is 5.32 Å². The maximum absolute atomic E-state index is 11.2. The summed E-state index contributed by atoms with van der Waals surface area (Å²) in [5, 5.41) is 11.2. The van der Waals surface area contributed by atoms with Crippen molar-refractivity contribution >= 4 is 17.4 Å². The third-order valence-electron chi connectivity index (χ3n) is 2.07. The molecule has 0 heterocycles. The fourth-order valence-electron chi connectivity index (χ4n) is 1.30. The van der Waals surface area contributed by atoms with Crippen molar-refractivity contribution in [1.29, 1.82) is 0 Å². The first-order chi connectivity index (χ1) is 7.63. The molecule has 0 saturated carbocycles. The van der Waals surface area contributed by atoms with Crippen LogP contribution in [0.1, 0.15) is 12.0 Å². The molecule has 1 rings (SSSR count). The normalized spacial score (nSPS) is 10.9. The minimum Gasteiger partial charge on any atom is -0.478 e. The van der Waals surface area contributed by atoms with E-state index in [9.17, 15) is 9.59 Å². The highest BCUT2D eigenvalue weighted by Crippen LogP contribution is 2.17. The minimum atomic E-state index is -1.05. The van der Waals surface area contributed by atoms with Gasteiger partial charge in [0.1, 0.15) is 0 Å². The zero-order valence-electron chi connectivity index (χ0n) is 8.93. The Hall–Kier alpha value is -2.10. The summed E-state index contributed by atoms with van der Waals surface area (Å²) in [5.41, 5.74) is 1.24. The lowest BCUT2D eigenvalue weighted by molar-refractivity contribution is -0.131. The van der Waals surface area contributed by atoms with Crippen LogP contribution in [0.4, 0.5) is 0 Å². The van der Waals surface area contributed by atoms with E-state index >= 15 is 0 Å². The molecule has 16 heavy (non-hydrogen) atoms. The lowest BCUT2D eigenvalue weighted by Gasteiger charge is -2.05. The van der Waals surface area contributed by atoms with Crippen molar-refractivity contribution in [2.24, 2.45) is 0 Å². The van der Waals surface area contributed by atoms with Crippen LogP contribution in [0.3, 0.4) is 0 Å². The van der Waals surface area contributed by atoms with Crippen molar-refractivity contribution in [2.75, 3.05) is 7.05 Å². The van der Waals surface area contributed by atoms with Gasteiger partial charge in [0.05, 0.1) is 6.42 Å². The number of rotatable bonds is 4. The van der Waals surface area contributed by atoms with Crippen LogP contribution in [0.25, 0.3) is 5.57 Å². The molecule has 0 aliphatic rings. The van der Waals surface area contributed by atoms with Gasteiger partial charge >= 0.3 is 5.97 Å². The summed E-state index contributed by atoms with van der Waals surface area (Å²) in [6.07, 6.45) is 1.12. The summed E-state index contributed by atoms with van der Waals surface area (Å²) >= 11 is 0. The van der Waals surface area contributed by atoms with Crippen LogP contribution in [-0.4, -0.2) is 24.0 Å². The molecule has 84 valence electrons. The Kier molecular flexibility index (Phi) is 4.27. The number of benzene rings is 1. The molecule has 0 bridgehead atoms. The van der Waals surface area contributed by atoms with Gasteiger partial charge in [-0.05, 0) is 11.1 Å². The van der Waals surface area contributed by atoms with Gasteiger partial charge in [-0.1, -0.05) is 30.3 Å². The maximum Gasteiger partial charge on any atom is 0.328 e. The molecular formula is C12H13NO3. The summed E-state index contributed by atoms with van der Waals surface area (Å²) in [6.45, 7) is 0. The molecule has 0 aromatic heterocycles. The van der Waals surface area contributed by atoms with E-state index in [0.717, 1.165) is 11.6 Å². The standard InChI is InChI=1S/C12H13NO3/c1-13-11(14)7-10(8-12(15)16)9-5-3-2-4-6-9/h2-6,8H,7H2,1H3,(H,13,14)(H,15,16)/b10-8-. The van der Waals surface area contributed by atoms with E-state index in [4.69, 9.17) is 5.11 Å². The summed E-state index contributed by atoms with van der Waals surface area (Å²) in [7, 11) is 1.52. The van der Waals surface area contributed by atoms with Crippen LogP contribution in [0.15, 0.2) is 36.4 Å². The molecule has 1 amide bonds. The molecule has 0 spiro atoms. The third kappa shape index (κ3) is 3.57. The SMILES string of the molecule is CNC(=O)C/C(=C/C(=O)O)c1ccccc1. The first-order valence-corrected chi connectivity index (χ1v) is 4.83. The highest BCUT2D eigenvalue weighted by molar-refractivity contribution is 5.96. The van der Waals surface area contributed by atoms with Crippen LogP contribution >= 0.6 is 0 Å². The zero-order valence-corrected chi connectivity index (χ0v) is 8.93. The van der Waals surface area contributed by atoms with E-state index in [2.05, 4.69) is 5.32 Å². The topological polar surface area (TPSA) is 66.4 Å². The van der Waals surface area contributed by atoms with Gasteiger partial charge in [0.25, 0.3) is 0 Å². The first-order valence-electron chi connectivity index (χ1n) is 4.83. The Morgan fingerprint density at radius 3 is 2.44 bits per heavy atom. The van der Waals surface area contributed by atoms with E-state index < -0.39 is 5.97 Å². The number of amides is 1. The molecule has 4 nitrogen and oxygen atoms in total. The number of hydrogen-bond acceptors (Lipinski definition) is 2. The molecule has 1 aromatic rings. The number of carbonyl (C=O) groups is 2. The summed E-state index contributed by atoms with van der Waals surface area (Å²) < 4.78 is 0. The quantitative estimate of drug-likeness (QED) is 0.750. The fraction of sp³-hybridized carbons (Fsp3) is 0.167. The molecule has 4 heteroatoms. The second kappa shape index (κ2) is 5.70. The van der Waals surface area contributed by atoms with Gasteiger partial charge in [-0.2, -0.15) is 0 Å². The number of carbonyl (C=O) groups excluding carboxylic acids is 1. The fourth-order valence-corrected chi connectivity index (χ4v) is 1.30. The molecule has 0 atom stereocenters. The maximum atomic E-state index is 11.2. The van der Waals surface area contributed by atoms with Gasteiger partial charge in [-0.15, -0.1) is 0 Å². The second-order valence-corrected chi connectivity index (χ2v) is 3.22. The molecule has 0 radical (unpaired) electrons. The largest absolute Gasteiger partial charge is 0.478 e. The van der Waals surface area contributed by atoms with Crippen molar-refractivity contribution in [2.45, 2.75) is 6.42 Å². The van der Waals surface area contributed by atoms with E-state index in [1.54, 1.807) is 24.3 Å². The van der Waals surface area contributed by atoms with Crippen LogP contribution in [0.2, 0.25) is 0 Å². The number of carboxylic acids is 1. The Bertz CT molecular complexity index is 410. The van der Waals surface area contributed by atoms with Gasteiger partial charge in [0.2, 0.25) is 5.91 Å². The lowest BCUT2D eigenvalue weighted by atomic mass is 10.0. The Labute approximate surface area is 93.6 Å². The molecular weight excluding hydrogens is 206 g/mol. The second-order valence-electron chi connectivity index (χ2n) is 3.22. The number of aliphatic carboxylic acids is 1. The molecule has 0 saturated heterocycles. The van der Waals surface area contributed by atoms with Crippen molar-refractivity contribution in [3.63, 3.8) is 0 Å². The van der Waals surface area contributed by atoms with Crippen LogP contribution in [0, 0.1) is 0 Å². The Balaban J connectivity index is 2.98. The molecule has 0 unspecified atom stereocenters. The Morgan fingerprint density at radius 2 is 1.94 bits per heavy atom. The zero-order chi connectivity index (χ0) is 12.0. The van der Waals surface area contributed by atoms with Crippen molar-refractivity contribution < 1.29 is 14.7 Å². The smallest absolute Gasteiger partial charge is 0.328 e. The van der Waals surface area contributed by atoms with E-state index in [1.165, 1.54) is 7.05 Å². The highest BCUT2D eigenvalue weighted by atomic mass is 16.4. The molecule has 1 aromatic carbocycles. The van der Waals surface area contributed by atoms with Crippen molar-refractivity contribution in [1.82, 2.24) is 5.32 Å². The average Bonchev–Trinajstić information content (AvgIpc) is 2.28. The first kappa shape index (κ1) is 12.0. The van der Waals surface area contributed by atoms with Crippen LogP contribution in [-0.2, 0) is 9.59 Å². The monoisotopic (exact) mass is 219 g/mol. The third-order valence-corrected chi connectivity index (χ3v) is 2.07. The van der Waals surface area contributed by atoms with E-state index in [1.807, 2.05) is 6.07 Å². The van der Waals surface area contributed by atoms with Gasteiger partial charge in [0.15, 0.2) is 0 Å². The predicted octanol–water partition coefficient (Wildman–Crippen LogP) is 1.29. The van der Waals surface area contributed by atoms with Crippen LogP contribution in [0.5, 0.6) is 0 Å². The molecule has 0 aliphatic heterocycles. The number of carboxylic acid groups (broad SMARTS) is 1. The van der Waals surface area contributed by atoms with Crippen molar-refractivity contribution in [3.8, 4) is 0 Å². The predicted molar refractivity (Wildman–Crippen MR) is 60.7 cm³/mol. The van der Waals surface area contributed by atoms with E-state index in [-0.39, 0.29) is 12.3 Å². The molecule has 2 N–H and O–H groups in total. The lowest BCUT2D eigenvalue weighted by Crippen LogP contribution is -2.18. The molecule has 0 aliphatic carbocycles. The highest BCUT2D eigenvalue weighted by Gasteiger charge is 2.08. The number of hydrogen-bond donors (Lipinski definition) is 2. The van der Waals surface area contributed by atoms with Gasteiger partial charge in [0, 0.05) is 13.1 Å². The summed E-state index contributed by atoms with van der Waals surface area (Å²) in [4.78, 5) is 21.9. The molecule has 0 fully saturated rings. The minimum absolute atomic E-state index is 0.0623. The average molecular weight is 219 g/mol. The van der Waals surface area contributed by atoms with Crippen molar-refractivity contribution in [3.05, 3.63) is 42.0 Å². The Morgan fingerprint density at radius 1 is 1.31 bits per heavy atom. The summed E-state index contributed by atoms with van der Waals surface area (Å²) in [5.74, 6) is -1.26. The summed E-state index contributed by atoms with van der Waals surface area (Å²) in [6, 6.07) is 8.99. The van der Waals surface area contributed by atoms with Gasteiger partial charge in [-0.25, -0.2) is 4.79 Å². The van der Waals surface area contributed by atoms with E-state index in [0.29, 0.717) is 5.57 Å². The van der Waals surface area contributed by atoms with Gasteiger partial charge < -0.3 is 10.4 Å². The van der Waals surface area contributed by atoms with Gasteiger partial charge in [-0.3, -0.25) is 4.79 Å². The number of nitrogens with one attached hydrogen (secondary N) is 1.